The van der Waals surface area contributed by atoms with E-state index in [4.69, 9.17) is 14.6 Å². The van der Waals surface area contributed by atoms with E-state index >= 15 is 0 Å². The maximum absolute atomic E-state index is 11.7. The number of likely N-dealkylation sites (tertiary alicyclic amines) is 1. The number of pyridine rings is 1. The molecule has 1 amide bonds. The summed E-state index contributed by atoms with van der Waals surface area (Å²) < 4.78 is 14.0. The number of rotatable bonds is 7. The Bertz CT molecular complexity index is 1290. The molecular formula is C25H26N5O3P. The standard InChI is InChI=1S/C25H26N5O3P/c1-17(31)29-15-13-18(16-29)27-24-23-22(12-14-26-25(23)30(28-24)34-2)33-21-10-8-20(9-11-21)32-19-6-4-3-5-7-19/h3-12,14,18,34H,13,15-16H2,1-2H3,(H,27,28)/t18-/m1/s1. The van der Waals surface area contributed by atoms with Gasteiger partial charge in [0.05, 0.1) is 0 Å². The smallest absolute Gasteiger partial charge is 0.219 e. The van der Waals surface area contributed by atoms with Gasteiger partial charge in [0.1, 0.15) is 28.4 Å². The lowest BCUT2D eigenvalue weighted by Crippen LogP contribution is -2.29. The predicted octanol–water partition coefficient (Wildman–Crippen LogP) is 5.12. The van der Waals surface area contributed by atoms with E-state index in [0.29, 0.717) is 26.8 Å². The Morgan fingerprint density at radius 1 is 1.03 bits per heavy atom. The molecule has 3 heterocycles. The zero-order chi connectivity index (χ0) is 23.5. The van der Waals surface area contributed by atoms with Crippen molar-refractivity contribution in [2.75, 3.05) is 25.1 Å². The number of carbonyl (C=O) groups is 1. The van der Waals surface area contributed by atoms with E-state index in [-0.39, 0.29) is 11.9 Å². The first-order valence-electron chi connectivity index (χ1n) is 11.2. The van der Waals surface area contributed by atoms with Gasteiger partial charge in [0, 0.05) is 47.0 Å². The number of amides is 1. The molecule has 8 nitrogen and oxygen atoms in total. The van der Waals surface area contributed by atoms with Gasteiger partial charge < -0.3 is 19.7 Å². The van der Waals surface area contributed by atoms with Crippen LogP contribution in [0.3, 0.4) is 0 Å². The Labute approximate surface area is 199 Å². The van der Waals surface area contributed by atoms with Crippen LogP contribution in [0.25, 0.3) is 11.0 Å². The van der Waals surface area contributed by atoms with Crippen LogP contribution in [0.2, 0.25) is 0 Å². The van der Waals surface area contributed by atoms with E-state index in [1.165, 1.54) is 0 Å². The van der Waals surface area contributed by atoms with Gasteiger partial charge in [-0.05, 0) is 49.5 Å². The Morgan fingerprint density at radius 3 is 2.41 bits per heavy atom. The highest BCUT2D eigenvalue weighted by molar-refractivity contribution is 7.35. The first-order chi connectivity index (χ1) is 16.6. The zero-order valence-corrected chi connectivity index (χ0v) is 20.1. The summed E-state index contributed by atoms with van der Waals surface area (Å²) >= 11 is 0. The highest BCUT2D eigenvalue weighted by Gasteiger charge is 2.26. The number of fused-ring (bicyclic) bond motifs is 1. The van der Waals surface area contributed by atoms with Gasteiger partial charge in [0.2, 0.25) is 5.91 Å². The number of hydrogen-bond acceptors (Lipinski definition) is 6. The van der Waals surface area contributed by atoms with Crippen LogP contribution in [0.5, 0.6) is 23.0 Å². The molecule has 0 bridgehead atoms. The summed E-state index contributed by atoms with van der Waals surface area (Å²) in [6.45, 7) is 5.08. The summed E-state index contributed by atoms with van der Waals surface area (Å²) in [5, 5.41) is 9.12. The van der Waals surface area contributed by atoms with Gasteiger partial charge in [0.25, 0.3) is 0 Å². The fourth-order valence-corrected chi connectivity index (χ4v) is 4.62. The lowest BCUT2D eigenvalue weighted by molar-refractivity contribution is -0.127. The molecule has 2 aromatic heterocycles. The second kappa shape index (κ2) is 9.69. The van der Waals surface area contributed by atoms with E-state index < -0.39 is 0 Å². The van der Waals surface area contributed by atoms with Gasteiger partial charge in [-0.15, -0.1) is 5.10 Å². The van der Waals surface area contributed by atoms with Crippen LogP contribution < -0.4 is 14.8 Å². The molecule has 2 aromatic carbocycles. The van der Waals surface area contributed by atoms with Crippen molar-refractivity contribution in [3.8, 4) is 23.0 Å². The maximum atomic E-state index is 11.7. The molecular weight excluding hydrogens is 449 g/mol. The first-order valence-corrected chi connectivity index (χ1v) is 12.6. The number of aromatic nitrogens is 3. The molecule has 1 aliphatic rings. The molecule has 1 N–H and O–H groups in total. The molecule has 4 aromatic rings. The average molecular weight is 475 g/mol. The van der Waals surface area contributed by atoms with Crippen molar-refractivity contribution in [1.82, 2.24) is 19.4 Å². The molecule has 1 unspecified atom stereocenters. The molecule has 9 heteroatoms. The van der Waals surface area contributed by atoms with Crippen molar-refractivity contribution >= 4 is 31.5 Å². The Balaban J connectivity index is 1.39. The monoisotopic (exact) mass is 475 g/mol. The third kappa shape index (κ3) is 4.68. The second-order valence-electron chi connectivity index (χ2n) is 8.08. The number of nitrogens with zero attached hydrogens (tertiary/aromatic N) is 4. The predicted molar refractivity (Wildman–Crippen MR) is 134 cm³/mol. The maximum Gasteiger partial charge on any atom is 0.219 e. The van der Waals surface area contributed by atoms with Crippen LogP contribution in [-0.2, 0) is 4.79 Å². The van der Waals surface area contributed by atoms with Gasteiger partial charge in [0.15, 0.2) is 11.5 Å². The van der Waals surface area contributed by atoms with Crippen molar-refractivity contribution in [1.29, 1.82) is 0 Å². The van der Waals surface area contributed by atoms with E-state index in [0.717, 1.165) is 41.3 Å². The van der Waals surface area contributed by atoms with E-state index in [1.807, 2.05) is 70.0 Å². The molecule has 34 heavy (non-hydrogen) atoms. The fraction of sp³-hybridized carbons (Fsp3) is 0.240. The summed E-state index contributed by atoms with van der Waals surface area (Å²) in [7, 11) is 0.424. The Hall–Kier alpha value is -3.64. The molecule has 2 atom stereocenters. The largest absolute Gasteiger partial charge is 0.457 e. The summed E-state index contributed by atoms with van der Waals surface area (Å²) in [5.74, 6) is 3.71. The van der Waals surface area contributed by atoms with Gasteiger partial charge in [-0.2, -0.15) is 0 Å². The molecule has 1 aliphatic heterocycles. The minimum atomic E-state index is 0.0973. The van der Waals surface area contributed by atoms with Crippen LogP contribution in [0.4, 0.5) is 5.82 Å². The van der Waals surface area contributed by atoms with Gasteiger partial charge in [-0.3, -0.25) is 4.79 Å². The number of anilines is 1. The van der Waals surface area contributed by atoms with Crippen LogP contribution in [0.1, 0.15) is 13.3 Å². The van der Waals surface area contributed by atoms with Crippen LogP contribution in [0.15, 0.2) is 66.9 Å². The summed E-state index contributed by atoms with van der Waals surface area (Å²) in [5.41, 5.74) is 0.770. The highest BCUT2D eigenvalue weighted by atomic mass is 31.1. The molecule has 1 saturated heterocycles. The third-order valence-corrected chi connectivity index (χ3v) is 6.48. The Morgan fingerprint density at radius 2 is 1.74 bits per heavy atom. The third-order valence-electron chi connectivity index (χ3n) is 5.75. The van der Waals surface area contributed by atoms with E-state index in [1.54, 1.807) is 13.1 Å². The van der Waals surface area contributed by atoms with Gasteiger partial charge >= 0.3 is 0 Å². The van der Waals surface area contributed by atoms with Gasteiger partial charge in [-0.25, -0.2) is 9.44 Å². The molecule has 0 spiro atoms. The van der Waals surface area contributed by atoms with Gasteiger partial charge in [-0.1, -0.05) is 18.2 Å². The Kier molecular flexibility index (Phi) is 6.32. The lowest BCUT2D eigenvalue weighted by atomic mass is 10.2. The topological polar surface area (TPSA) is 81.5 Å². The van der Waals surface area contributed by atoms with Crippen molar-refractivity contribution in [2.24, 2.45) is 0 Å². The normalized spacial score (nSPS) is 15.8. The summed E-state index contributed by atoms with van der Waals surface area (Å²) in [4.78, 5) is 18.1. The number of para-hydroxylation sites is 1. The zero-order valence-electron chi connectivity index (χ0n) is 19.1. The fourth-order valence-electron chi connectivity index (χ4n) is 4.04. The summed E-state index contributed by atoms with van der Waals surface area (Å²) in [6, 6.07) is 19.2. The van der Waals surface area contributed by atoms with Crippen molar-refractivity contribution in [2.45, 2.75) is 19.4 Å². The lowest BCUT2D eigenvalue weighted by Gasteiger charge is -2.15. The number of carbonyl (C=O) groups excluding carboxylic acids is 1. The van der Waals surface area contributed by atoms with E-state index in [9.17, 15) is 4.79 Å². The SMILES string of the molecule is CPn1nc(N[C@@H]2CCN(C(C)=O)C2)c2c(Oc3ccc(Oc4ccccc4)cc3)ccnc21. The van der Waals surface area contributed by atoms with Crippen LogP contribution in [-0.4, -0.2) is 51.1 Å². The molecule has 0 radical (unpaired) electrons. The number of benzene rings is 2. The molecule has 174 valence electrons. The van der Waals surface area contributed by atoms with Crippen molar-refractivity contribution < 1.29 is 14.3 Å². The minimum Gasteiger partial charge on any atom is -0.457 e. The molecule has 0 aliphatic carbocycles. The number of ether oxygens (including phenoxy) is 2. The van der Waals surface area contributed by atoms with Crippen molar-refractivity contribution in [3.05, 3.63) is 66.9 Å². The molecule has 5 rings (SSSR count). The quantitative estimate of drug-likeness (QED) is 0.374. The number of nitrogens with one attached hydrogen (secondary N) is 1. The number of hydrogen-bond donors (Lipinski definition) is 1. The average Bonchev–Trinajstić information content (AvgIpc) is 3.47. The minimum absolute atomic E-state index is 0.0973. The van der Waals surface area contributed by atoms with Crippen molar-refractivity contribution in [3.63, 3.8) is 0 Å². The first kappa shape index (κ1) is 22.2. The van der Waals surface area contributed by atoms with E-state index in [2.05, 4.69) is 17.0 Å². The highest BCUT2D eigenvalue weighted by Crippen LogP contribution is 2.37. The van der Waals surface area contributed by atoms with Crippen LogP contribution >= 0.6 is 8.73 Å². The molecule has 1 fully saturated rings. The molecule has 0 saturated carbocycles. The summed E-state index contributed by atoms with van der Waals surface area (Å²) in [6.07, 6.45) is 2.61. The van der Waals surface area contributed by atoms with Crippen LogP contribution in [0, 0.1) is 0 Å². The second-order valence-corrected chi connectivity index (χ2v) is 8.95.